The second-order valence-corrected chi connectivity index (χ2v) is 8.90. The van der Waals surface area contributed by atoms with Gasteiger partial charge in [0.25, 0.3) is 17.5 Å². The van der Waals surface area contributed by atoms with Crippen LogP contribution in [0.5, 0.6) is 0 Å². The first-order chi connectivity index (χ1) is 16.9. The third kappa shape index (κ3) is 4.22. The molecule has 3 atom stereocenters. The maximum atomic E-state index is 13.0. The van der Waals surface area contributed by atoms with E-state index in [9.17, 15) is 47.6 Å². The molecule has 0 bridgehead atoms. The van der Waals surface area contributed by atoms with E-state index >= 15 is 0 Å². The van der Waals surface area contributed by atoms with Crippen molar-refractivity contribution in [3.8, 4) is 0 Å². The number of alkyl halides is 3. The zero-order chi connectivity index (χ0) is 26.1. The van der Waals surface area contributed by atoms with Crippen LogP contribution >= 0.6 is 0 Å². The van der Waals surface area contributed by atoms with Crippen molar-refractivity contribution in [3.05, 3.63) is 57.3 Å². The number of halogens is 3. The van der Waals surface area contributed by atoms with Crippen molar-refractivity contribution in [2.45, 2.75) is 31.1 Å². The van der Waals surface area contributed by atoms with E-state index in [1.165, 1.54) is 35.2 Å². The van der Waals surface area contributed by atoms with Crippen LogP contribution < -0.4 is 34.5 Å². The number of hydrogen-bond acceptors (Lipinski definition) is 6. The molecule has 1 aromatic rings. The summed E-state index contributed by atoms with van der Waals surface area (Å²) in [5.74, 6) is -5.68. The Morgan fingerprint density at radius 3 is 2.57 bits per heavy atom. The minimum atomic E-state index is -5.17. The number of non-ortho nitro benzene ring substituents is 1. The van der Waals surface area contributed by atoms with Crippen LogP contribution in [0.3, 0.4) is 0 Å². The fourth-order valence-corrected chi connectivity index (χ4v) is 5.45. The van der Waals surface area contributed by atoms with Gasteiger partial charge in [-0.25, -0.2) is 4.79 Å². The van der Waals surface area contributed by atoms with Gasteiger partial charge in [-0.3, -0.25) is 29.4 Å². The molecule has 4 aliphatic rings. The third-order valence-electron chi connectivity index (χ3n) is 6.92. The molecule has 4 heterocycles. The van der Waals surface area contributed by atoms with Gasteiger partial charge in [0.1, 0.15) is 11.7 Å². The Kier molecular flexibility index (Phi) is 6.71. The summed E-state index contributed by atoms with van der Waals surface area (Å²) in [4.78, 5) is 62.7. The molecule has 0 unspecified atom stereocenters. The molecule has 0 radical (unpaired) electrons. The van der Waals surface area contributed by atoms with Gasteiger partial charge in [-0.2, -0.15) is 13.2 Å². The molecule has 190 valence electrons. The number of hydrogen-bond donors (Lipinski definition) is 1. The van der Waals surface area contributed by atoms with E-state index in [1.807, 2.05) is 0 Å². The molecular formula is C22H18F3N4NaO7. The van der Waals surface area contributed by atoms with E-state index in [0.29, 0.717) is 4.90 Å². The number of carbonyl (C=O) groups excluding carboxylic acids is 3. The van der Waals surface area contributed by atoms with Gasteiger partial charge in [0, 0.05) is 36.7 Å². The summed E-state index contributed by atoms with van der Waals surface area (Å²) in [6, 6.07) is 3.20. The van der Waals surface area contributed by atoms with E-state index in [0.717, 1.165) is 4.90 Å². The van der Waals surface area contributed by atoms with Crippen molar-refractivity contribution < 1.29 is 73.4 Å². The summed E-state index contributed by atoms with van der Waals surface area (Å²) >= 11 is 0. The summed E-state index contributed by atoms with van der Waals surface area (Å²) in [5.41, 5.74) is -0.0583. The minimum absolute atomic E-state index is 0. The van der Waals surface area contributed by atoms with Crippen LogP contribution in [0, 0.1) is 16.0 Å². The Bertz CT molecular complexity index is 1320. The third-order valence-corrected chi connectivity index (χ3v) is 6.92. The molecule has 3 saturated heterocycles. The van der Waals surface area contributed by atoms with E-state index in [4.69, 9.17) is 0 Å². The number of carboxylic acid groups (broad SMARTS) is 1. The van der Waals surface area contributed by atoms with Crippen LogP contribution in [0.15, 0.2) is 47.2 Å². The van der Waals surface area contributed by atoms with Gasteiger partial charge in [-0.05, 0) is 30.6 Å². The van der Waals surface area contributed by atoms with Gasteiger partial charge >= 0.3 is 47.6 Å². The molecule has 0 aromatic heterocycles. The smallest absolute Gasteiger partial charge is 1.00 e. The van der Waals surface area contributed by atoms with E-state index in [2.05, 4.69) is 0 Å². The zero-order valence-electron chi connectivity index (χ0n) is 20.3. The molecule has 3 fully saturated rings. The van der Waals surface area contributed by atoms with Gasteiger partial charge < -0.3 is 16.3 Å². The number of likely N-dealkylation sites (tertiary alicyclic amines) is 1. The molecule has 3 amide bonds. The number of allylic oxidation sites excluding steroid dienone is 2. The van der Waals surface area contributed by atoms with Crippen molar-refractivity contribution in [1.82, 2.24) is 9.80 Å². The van der Waals surface area contributed by atoms with Crippen LogP contribution in [0.25, 0.3) is 0 Å². The summed E-state index contributed by atoms with van der Waals surface area (Å²) in [6.45, 7) is -0.199. The largest absolute Gasteiger partial charge is 1.00 e. The Morgan fingerprint density at radius 2 is 1.95 bits per heavy atom. The Morgan fingerprint density at radius 1 is 1.24 bits per heavy atom. The Balaban J connectivity index is 0.00000200. The molecule has 1 aromatic carbocycles. The molecule has 0 spiro atoms. The first kappa shape index (κ1) is 26.8. The summed E-state index contributed by atoms with van der Waals surface area (Å²) in [5, 5.41) is 20.9. The number of carboxylic acids is 1. The zero-order valence-corrected chi connectivity index (χ0v) is 21.3. The van der Waals surface area contributed by atoms with Crippen molar-refractivity contribution in [2.24, 2.45) is 5.92 Å². The number of anilines is 1. The monoisotopic (exact) mass is 530 g/mol. The molecule has 37 heavy (non-hydrogen) atoms. The minimum Gasteiger partial charge on any atom is -1.00 e. The fourth-order valence-electron chi connectivity index (χ4n) is 5.45. The van der Waals surface area contributed by atoms with Gasteiger partial charge in [-0.1, -0.05) is 6.07 Å². The normalized spacial score (nSPS) is 25.8. The molecular weight excluding hydrogens is 512 g/mol. The van der Waals surface area contributed by atoms with Gasteiger partial charge in [0.15, 0.2) is 0 Å². The fraction of sp³-hybridized carbons (Fsp3) is 0.364. The number of rotatable bonds is 4. The number of benzene rings is 1. The maximum absolute atomic E-state index is 13.0. The number of aliphatic carboxylic acids is 1. The average molecular weight is 530 g/mol. The van der Waals surface area contributed by atoms with Crippen LogP contribution in [0.2, 0.25) is 0 Å². The summed E-state index contributed by atoms with van der Waals surface area (Å²) < 4.78 is 39.1. The molecule has 1 N–H and O–H groups in total. The molecule has 0 aliphatic carbocycles. The first-order valence-electron chi connectivity index (χ1n) is 10.8. The summed E-state index contributed by atoms with van der Waals surface area (Å²) in [7, 11) is 0. The number of β-lactam (4-membered cyclic amide) rings is 1. The number of nitro groups is 1. The van der Waals surface area contributed by atoms with Crippen molar-refractivity contribution in [3.63, 3.8) is 0 Å². The summed E-state index contributed by atoms with van der Waals surface area (Å²) in [6.07, 6.45) is -3.70. The van der Waals surface area contributed by atoms with Crippen LogP contribution in [0.4, 0.5) is 24.5 Å². The number of nitrogens with zero attached hydrogens (tertiary/aromatic N) is 4. The topological polar surface area (TPSA) is 141 Å². The van der Waals surface area contributed by atoms with Gasteiger partial charge in [0.2, 0.25) is 0 Å². The van der Waals surface area contributed by atoms with Gasteiger partial charge in [0.05, 0.1) is 16.7 Å². The molecule has 11 nitrogen and oxygen atoms in total. The van der Waals surface area contributed by atoms with Crippen LogP contribution in [-0.4, -0.2) is 74.9 Å². The Hall–Kier alpha value is -3.23. The molecule has 15 heteroatoms. The number of amides is 3. The molecule has 4 aliphatic heterocycles. The SMILES string of the molecule is O=C(O)C1=C(/C=C2\CCN(c3cccc([N+](=O)[O-])c3)C2=O)C[C@@H]2CN(C(=O)C(F)(F)F)[C@@H]3C(=O)N1[C@H]23.[H-].[Na+]. The van der Waals surface area contributed by atoms with E-state index in [1.54, 1.807) is 0 Å². The van der Waals surface area contributed by atoms with Crippen LogP contribution in [0.1, 0.15) is 14.3 Å². The second-order valence-electron chi connectivity index (χ2n) is 8.90. The standard InChI is InChI=1S/C22H17F3N4O7.Na.H/c23-22(24,25)21(34)27-9-12-7-11(16(20(32)33)28-15(12)17(27)19(28)31)6-10-4-5-26(18(10)30)13-2-1-3-14(8-13)29(35)36;;/h1-3,6,8,12,15,17H,4-5,7,9H2,(H,32,33);;/q;+1;-1/b10-6+;;/t12-,15-,17+;;/m1../s1. The van der Waals surface area contributed by atoms with Crippen molar-refractivity contribution >= 4 is 35.1 Å². The molecule has 0 saturated carbocycles. The quantitative estimate of drug-likeness (QED) is 0.168. The van der Waals surface area contributed by atoms with E-state index in [-0.39, 0.29) is 79.4 Å². The van der Waals surface area contributed by atoms with Crippen molar-refractivity contribution in [2.75, 3.05) is 18.0 Å². The predicted octanol–water partition coefficient (Wildman–Crippen LogP) is -1.28. The first-order valence-corrected chi connectivity index (χ1v) is 10.8. The van der Waals surface area contributed by atoms with E-state index < -0.39 is 58.5 Å². The second kappa shape index (κ2) is 9.26. The maximum Gasteiger partial charge on any atom is 1.00 e. The van der Waals surface area contributed by atoms with Crippen molar-refractivity contribution in [1.29, 1.82) is 0 Å². The average Bonchev–Trinajstić information content (AvgIpc) is 3.35. The van der Waals surface area contributed by atoms with Crippen LogP contribution in [-0.2, 0) is 19.2 Å². The van der Waals surface area contributed by atoms with Gasteiger partial charge in [-0.15, -0.1) is 0 Å². The predicted molar refractivity (Wildman–Crippen MR) is 114 cm³/mol. The number of nitro benzene ring substituents is 1. The Labute approximate surface area is 230 Å². The molecule has 5 rings (SSSR count). The number of carbonyl (C=O) groups is 4.